The molecule has 2 aromatic heterocycles. The predicted molar refractivity (Wildman–Crippen MR) is 149 cm³/mol. The summed E-state index contributed by atoms with van der Waals surface area (Å²) < 4.78 is 13.5. The van der Waals surface area contributed by atoms with Gasteiger partial charge in [-0.15, -0.1) is 5.10 Å². The topological polar surface area (TPSA) is 87.5 Å². The molecule has 0 unspecified atom stereocenters. The molecule has 3 saturated heterocycles. The van der Waals surface area contributed by atoms with Gasteiger partial charge in [0.25, 0.3) is 0 Å². The zero-order valence-corrected chi connectivity index (χ0v) is 22.6. The summed E-state index contributed by atoms with van der Waals surface area (Å²) in [5.74, 6) is 1.12. The van der Waals surface area contributed by atoms with E-state index < -0.39 is 0 Å². The highest BCUT2D eigenvalue weighted by atomic mass is 16.6. The SMILES string of the molecule is O=C(Oc1ccc(-c2cnc3ccc(OCCN4CCNCC4)nn23)cc1)N1CCC(N2CCCCC2)CC1. The van der Waals surface area contributed by atoms with Gasteiger partial charge in [0, 0.05) is 63.5 Å². The minimum atomic E-state index is -0.265. The Bertz CT molecular complexity index is 1230. The summed E-state index contributed by atoms with van der Waals surface area (Å²) in [5, 5.41) is 8.04. The van der Waals surface area contributed by atoms with Crippen LogP contribution in [0.15, 0.2) is 42.6 Å². The zero-order chi connectivity index (χ0) is 26.4. The third-order valence-corrected chi connectivity index (χ3v) is 8.19. The van der Waals surface area contributed by atoms with Crippen molar-refractivity contribution in [2.24, 2.45) is 0 Å². The van der Waals surface area contributed by atoms with Crippen LogP contribution in [0.4, 0.5) is 4.79 Å². The molecule has 10 heteroatoms. The number of piperidine rings is 2. The Labute approximate surface area is 229 Å². The number of imidazole rings is 1. The Balaban J connectivity index is 1.03. The largest absolute Gasteiger partial charge is 0.475 e. The van der Waals surface area contributed by atoms with Crippen molar-refractivity contribution in [1.29, 1.82) is 0 Å². The minimum Gasteiger partial charge on any atom is -0.475 e. The Kier molecular flexibility index (Phi) is 8.22. The lowest BCUT2D eigenvalue weighted by Gasteiger charge is -2.39. The summed E-state index contributed by atoms with van der Waals surface area (Å²) in [5.41, 5.74) is 2.55. The quantitative estimate of drug-likeness (QED) is 0.496. The van der Waals surface area contributed by atoms with Crippen molar-refractivity contribution in [1.82, 2.24) is 34.6 Å². The molecular formula is C29H39N7O3. The number of piperazine rings is 1. The number of hydrogen-bond donors (Lipinski definition) is 1. The lowest BCUT2D eigenvalue weighted by atomic mass is 10.0. The van der Waals surface area contributed by atoms with Gasteiger partial charge < -0.3 is 24.6 Å². The maximum atomic E-state index is 12.8. The summed E-state index contributed by atoms with van der Waals surface area (Å²) >= 11 is 0. The maximum absolute atomic E-state index is 12.8. The summed E-state index contributed by atoms with van der Waals surface area (Å²) in [6.45, 7) is 9.54. The van der Waals surface area contributed by atoms with Crippen molar-refractivity contribution in [3.05, 3.63) is 42.6 Å². The van der Waals surface area contributed by atoms with E-state index in [-0.39, 0.29) is 6.09 Å². The molecule has 0 aliphatic carbocycles. The number of carbonyl (C=O) groups excluding carboxylic acids is 1. The van der Waals surface area contributed by atoms with Crippen LogP contribution >= 0.6 is 0 Å². The maximum Gasteiger partial charge on any atom is 0.415 e. The molecule has 0 bridgehead atoms. The molecule has 0 atom stereocenters. The molecule has 3 aliphatic heterocycles. The van der Waals surface area contributed by atoms with E-state index in [2.05, 4.69) is 25.2 Å². The van der Waals surface area contributed by atoms with Crippen LogP contribution in [-0.4, -0.2) is 107 Å². The second kappa shape index (κ2) is 12.3. The molecule has 208 valence electrons. The fraction of sp³-hybridized carbons (Fsp3) is 0.552. The number of benzene rings is 1. The Morgan fingerprint density at radius 2 is 1.69 bits per heavy atom. The van der Waals surface area contributed by atoms with Crippen molar-refractivity contribution in [3.63, 3.8) is 0 Å². The normalized spacial score (nSPS) is 19.8. The number of rotatable bonds is 7. The lowest BCUT2D eigenvalue weighted by molar-refractivity contribution is 0.0878. The molecule has 0 saturated carbocycles. The third-order valence-electron chi connectivity index (χ3n) is 8.19. The Morgan fingerprint density at radius 3 is 2.46 bits per heavy atom. The third kappa shape index (κ3) is 6.34. The number of likely N-dealkylation sites (tertiary alicyclic amines) is 2. The van der Waals surface area contributed by atoms with Gasteiger partial charge in [0.05, 0.1) is 11.9 Å². The first kappa shape index (κ1) is 26.0. The molecule has 5 heterocycles. The van der Waals surface area contributed by atoms with Crippen molar-refractivity contribution in [2.75, 3.05) is 65.5 Å². The van der Waals surface area contributed by atoms with Gasteiger partial charge in [-0.2, -0.15) is 0 Å². The van der Waals surface area contributed by atoms with Crippen LogP contribution in [0.25, 0.3) is 16.9 Å². The van der Waals surface area contributed by atoms with Crippen molar-refractivity contribution in [2.45, 2.75) is 38.1 Å². The van der Waals surface area contributed by atoms with Gasteiger partial charge in [-0.25, -0.2) is 14.3 Å². The first-order valence-electron chi connectivity index (χ1n) is 14.4. The van der Waals surface area contributed by atoms with Crippen LogP contribution in [0.2, 0.25) is 0 Å². The van der Waals surface area contributed by atoms with Gasteiger partial charge in [-0.3, -0.25) is 4.90 Å². The first-order chi connectivity index (χ1) is 19.2. The number of aromatic nitrogens is 3. The van der Waals surface area contributed by atoms with Crippen LogP contribution in [-0.2, 0) is 0 Å². The smallest absolute Gasteiger partial charge is 0.415 e. The number of nitrogens with one attached hydrogen (secondary N) is 1. The van der Waals surface area contributed by atoms with Gasteiger partial charge in [0.15, 0.2) is 5.65 Å². The van der Waals surface area contributed by atoms with Gasteiger partial charge in [-0.1, -0.05) is 6.42 Å². The second-order valence-corrected chi connectivity index (χ2v) is 10.7. The second-order valence-electron chi connectivity index (χ2n) is 10.7. The number of ether oxygens (including phenoxy) is 2. The summed E-state index contributed by atoms with van der Waals surface area (Å²) in [6.07, 6.45) is 7.54. The molecule has 3 aromatic rings. The molecule has 0 radical (unpaired) electrons. The van der Waals surface area contributed by atoms with Crippen LogP contribution in [0.5, 0.6) is 11.6 Å². The lowest BCUT2D eigenvalue weighted by Crippen LogP contribution is -2.48. The summed E-state index contributed by atoms with van der Waals surface area (Å²) in [6, 6.07) is 11.9. The molecule has 0 spiro atoms. The van der Waals surface area contributed by atoms with E-state index >= 15 is 0 Å². The van der Waals surface area contributed by atoms with Gasteiger partial charge >= 0.3 is 6.09 Å². The molecule has 3 aliphatic rings. The minimum absolute atomic E-state index is 0.265. The molecule has 39 heavy (non-hydrogen) atoms. The molecule has 1 N–H and O–H groups in total. The molecular weight excluding hydrogens is 494 g/mol. The number of fused-ring (bicyclic) bond motifs is 1. The van der Waals surface area contributed by atoms with E-state index in [4.69, 9.17) is 9.47 Å². The van der Waals surface area contributed by atoms with E-state index in [1.54, 1.807) is 10.7 Å². The average Bonchev–Trinajstić information content (AvgIpc) is 3.42. The van der Waals surface area contributed by atoms with E-state index in [1.165, 1.54) is 32.4 Å². The van der Waals surface area contributed by atoms with Crippen LogP contribution < -0.4 is 14.8 Å². The number of nitrogens with zero attached hydrogens (tertiary/aromatic N) is 6. The monoisotopic (exact) mass is 533 g/mol. The van der Waals surface area contributed by atoms with E-state index in [9.17, 15) is 4.79 Å². The van der Waals surface area contributed by atoms with Crippen molar-refractivity contribution in [3.8, 4) is 22.9 Å². The fourth-order valence-electron chi connectivity index (χ4n) is 5.90. The van der Waals surface area contributed by atoms with Crippen molar-refractivity contribution < 1.29 is 14.3 Å². The highest BCUT2D eigenvalue weighted by molar-refractivity contribution is 5.71. The standard InChI is InChI=1S/C29H39N7O3/c37-29(35-16-10-24(11-17-35)34-14-2-1-3-15-34)39-25-6-4-23(5-7-25)26-22-31-27-8-9-28(32-36(26)27)38-21-20-33-18-12-30-13-19-33/h4-9,22,24,30H,1-3,10-21H2. The van der Waals surface area contributed by atoms with Crippen molar-refractivity contribution >= 4 is 11.7 Å². The molecule has 10 nitrogen and oxygen atoms in total. The summed E-state index contributed by atoms with van der Waals surface area (Å²) in [4.78, 5) is 24.2. The predicted octanol–water partition coefficient (Wildman–Crippen LogP) is 3.13. The number of hydrogen-bond acceptors (Lipinski definition) is 8. The molecule has 1 aromatic carbocycles. The highest BCUT2D eigenvalue weighted by Crippen LogP contribution is 2.25. The summed E-state index contributed by atoms with van der Waals surface area (Å²) in [7, 11) is 0. The van der Waals surface area contributed by atoms with Crippen LogP contribution in [0.3, 0.4) is 0 Å². The van der Waals surface area contributed by atoms with E-state index in [0.717, 1.165) is 75.6 Å². The first-order valence-corrected chi connectivity index (χ1v) is 14.4. The Morgan fingerprint density at radius 1 is 0.923 bits per heavy atom. The van der Waals surface area contributed by atoms with Crippen LogP contribution in [0.1, 0.15) is 32.1 Å². The van der Waals surface area contributed by atoms with Gasteiger partial charge in [0.1, 0.15) is 12.4 Å². The van der Waals surface area contributed by atoms with Gasteiger partial charge in [0.2, 0.25) is 5.88 Å². The number of amides is 1. The highest BCUT2D eigenvalue weighted by Gasteiger charge is 2.28. The molecule has 3 fully saturated rings. The van der Waals surface area contributed by atoms with Crippen LogP contribution in [0, 0.1) is 0 Å². The fourth-order valence-corrected chi connectivity index (χ4v) is 5.90. The number of carbonyl (C=O) groups is 1. The average molecular weight is 534 g/mol. The van der Waals surface area contributed by atoms with Gasteiger partial charge in [-0.05, 0) is 69.1 Å². The van der Waals surface area contributed by atoms with E-state index in [1.807, 2.05) is 41.3 Å². The molecule has 6 rings (SSSR count). The van der Waals surface area contributed by atoms with E-state index in [0.29, 0.717) is 24.3 Å². The zero-order valence-electron chi connectivity index (χ0n) is 22.6. The molecule has 1 amide bonds. The Hall–Kier alpha value is -3.21.